The SMILES string of the molecule is NC1CCCC1C(=O)Cc1ccc(O)cc1. The standard InChI is InChI=1S/C13H17NO2/c14-12-3-1-2-11(12)13(16)8-9-4-6-10(15)7-5-9/h4-7,11-12,15H,1-3,8,14H2. The highest BCUT2D eigenvalue weighted by molar-refractivity contribution is 5.84. The summed E-state index contributed by atoms with van der Waals surface area (Å²) in [6, 6.07) is 6.83. The second kappa shape index (κ2) is 4.66. The number of aromatic hydroxyl groups is 1. The molecule has 3 heteroatoms. The first-order valence-electron chi connectivity index (χ1n) is 5.73. The van der Waals surface area contributed by atoms with E-state index in [9.17, 15) is 4.79 Å². The molecule has 0 radical (unpaired) electrons. The van der Waals surface area contributed by atoms with Gasteiger partial charge in [0.25, 0.3) is 0 Å². The van der Waals surface area contributed by atoms with Gasteiger partial charge in [-0.25, -0.2) is 0 Å². The summed E-state index contributed by atoms with van der Waals surface area (Å²) in [5.74, 6) is 0.498. The Balaban J connectivity index is 1.99. The van der Waals surface area contributed by atoms with E-state index in [0.717, 1.165) is 24.8 Å². The van der Waals surface area contributed by atoms with Gasteiger partial charge in [0.1, 0.15) is 11.5 Å². The van der Waals surface area contributed by atoms with Gasteiger partial charge in [-0.1, -0.05) is 18.6 Å². The van der Waals surface area contributed by atoms with Crippen LogP contribution in [-0.4, -0.2) is 16.9 Å². The lowest BCUT2D eigenvalue weighted by Crippen LogP contribution is -2.31. The fourth-order valence-corrected chi connectivity index (χ4v) is 2.33. The van der Waals surface area contributed by atoms with E-state index in [4.69, 9.17) is 10.8 Å². The summed E-state index contributed by atoms with van der Waals surface area (Å²) in [6.45, 7) is 0. The highest BCUT2D eigenvalue weighted by Crippen LogP contribution is 2.26. The van der Waals surface area contributed by atoms with Gasteiger partial charge in [0.2, 0.25) is 0 Å². The van der Waals surface area contributed by atoms with E-state index in [-0.39, 0.29) is 23.5 Å². The Morgan fingerprint density at radius 3 is 2.56 bits per heavy atom. The Morgan fingerprint density at radius 1 is 1.31 bits per heavy atom. The molecule has 3 nitrogen and oxygen atoms in total. The number of ketones is 1. The smallest absolute Gasteiger partial charge is 0.141 e. The van der Waals surface area contributed by atoms with Crippen LogP contribution in [0.25, 0.3) is 0 Å². The molecule has 2 atom stereocenters. The van der Waals surface area contributed by atoms with E-state index in [2.05, 4.69) is 0 Å². The second-order valence-electron chi connectivity index (χ2n) is 4.51. The number of nitrogens with two attached hydrogens (primary N) is 1. The monoisotopic (exact) mass is 219 g/mol. The van der Waals surface area contributed by atoms with Crippen molar-refractivity contribution in [1.82, 2.24) is 0 Å². The lowest BCUT2D eigenvalue weighted by molar-refractivity contribution is -0.122. The normalized spacial score (nSPS) is 24.6. The maximum atomic E-state index is 12.0. The van der Waals surface area contributed by atoms with Crippen molar-refractivity contribution in [2.75, 3.05) is 0 Å². The van der Waals surface area contributed by atoms with Crippen molar-refractivity contribution >= 4 is 5.78 Å². The van der Waals surface area contributed by atoms with Crippen LogP contribution in [0.2, 0.25) is 0 Å². The van der Waals surface area contributed by atoms with E-state index in [1.807, 2.05) is 0 Å². The zero-order valence-corrected chi connectivity index (χ0v) is 9.23. The van der Waals surface area contributed by atoms with Crippen molar-refractivity contribution in [2.45, 2.75) is 31.7 Å². The van der Waals surface area contributed by atoms with Gasteiger partial charge in [-0.15, -0.1) is 0 Å². The molecule has 1 aliphatic carbocycles. The molecule has 86 valence electrons. The van der Waals surface area contributed by atoms with Crippen molar-refractivity contribution in [3.05, 3.63) is 29.8 Å². The topological polar surface area (TPSA) is 63.3 Å². The van der Waals surface area contributed by atoms with Gasteiger partial charge in [0, 0.05) is 18.4 Å². The first-order valence-corrected chi connectivity index (χ1v) is 5.73. The van der Waals surface area contributed by atoms with E-state index in [1.54, 1.807) is 24.3 Å². The maximum Gasteiger partial charge on any atom is 0.141 e. The molecule has 0 amide bonds. The van der Waals surface area contributed by atoms with Crippen LogP contribution in [0.3, 0.4) is 0 Å². The van der Waals surface area contributed by atoms with Crippen molar-refractivity contribution in [3.8, 4) is 5.75 Å². The van der Waals surface area contributed by atoms with E-state index >= 15 is 0 Å². The number of hydrogen-bond donors (Lipinski definition) is 2. The summed E-state index contributed by atoms with van der Waals surface area (Å²) in [7, 11) is 0. The number of benzene rings is 1. The average Bonchev–Trinajstić information content (AvgIpc) is 2.68. The average molecular weight is 219 g/mol. The van der Waals surface area contributed by atoms with Crippen molar-refractivity contribution < 1.29 is 9.90 Å². The van der Waals surface area contributed by atoms with Crippen molar-refractivity contribution in [2.24, 2.45) is 11.7 Å². The summed E-state index contributed by atoms with van der Waals surface area (Å²) in [4.78, 5) is 12.0. The van der Waals surface area contributed by atoms with Crippen molar-refractivity contribution in [1.29, 1.82) is 0 Å². The molecule has 16 heavy (non-hydrogen) atoms. The van der Waals surface area contributed by atoms with Crippen LogP contribution in [0.15, 0.2) is 24.3 Å². The predicted molar refractivity (Wildman–Crippen MR) is 62.1 cm³/mol. The Kier molecular flexibility index (Phi) is 3.25. The van der Waals surface area contributed by atoms with Gasteiger partial charge in [0.15, 0.2) is 0 Å². The van der Waals surface area contributed by atoms with Crippen LogP contribution in [-0.2, 0) is 11.2 Å². The first kappa shape index (κ1) is 11.1. The minimum Gasteiger partial charge on any atom is -0.508 e. The molecule has 1 aromatic carbocycles. The third-order valence-corrected chi connectivity index (χ3v) is 3.30. The highest BCUT2D eigenvalue weighted by atomic mass is 16.3. The molecule has 1 aliphatic rings. The van der Waals surface area contributed by atoms with E-state index in [1.165, 1.54) is 0 Å². The van der Waals surface area contributed by atoms with Gasteiger partial charge in [-0.05, 0) is 30.5 Å². The molecule has 1 fully saturated rings. The Bertz CT molecular complexity index is 372. The molecule has 3 N–H and O–H groups in total. The summed E-state index contributed by atoms with van der Waals surface area (Å²) in [5.41, 5.74) is 6.84. The van der Waals surface area contributed by atoms with E-state index < -0.39 is 0 Å². The molecule has 0 aromatic heterocycles. The zero-order valence-electron chi connectivity index (χ0n) is 9.23. The summed E-state index contributed by atoms with van der Waals surface area (Å²) < 4.78 is 0. The van der Waals surface area contributed by atoms with Crippen LogP contribution in [0.1, 0.15) is 24.8 Å². The van der Waals surface area contributed by atoms with Crippen molar-refractivity contribution in [3.63, 3.8) is 0 Å². The third kappa shape index (κ3) is 2.42. The molecule has 2 rings (SSSR count). The number of phenolic OH excluding ortho intramolecular Hbond substituents is 1. The largest absolute Gasteiger partial charge is 0.508 e. The van der Waals surface area contributed by atoms with E-state index in [0.29, 0.717) is 6.42 Å². The van der Waals surface area contributed by atoms with Gasteiger partial charge in [-0.3, -0.25) is 4.79 Å². The number of phenols is 1. The van der Waals surface area contributed by atoms with Gasteiger partial charge < -0.3 is 10.8 Å². The Morgan fingerprint density at radius 2 is 2.00 bits per heavy atom. The molecule has 0 heterocycles. The molecular formula is C13H17NO2. The fraction of sp³-hybridized carbons (Fsp3) is 0.462. The molecular weight excluding hydrogens is 202 g/mol. The molecule has 0 aliphatic heterocycles. The second-order valence-corrected chi connectivity index (χ2v) is 4.51. The summed E-state index contributed by atoms with van der Waals surface area (Å²) in [5, 5.41) is 9.14. The highest BCUT2D eigenvalue weighted by Gasteiger charge is 2.29. The lowest BCUT2D eigenvalue weighted by Gasteiger charge is -2.13. The van der Waals surface area contributed by atoms with Crippen LogP contribution in [0, 0.1) is 5.92 Å². The Labute approximate surface area is 95.3 Å². The predicted octanol–water partition coefficient (Wildman–Crippen LogP) is 1.63. The number of carbonyl (C=O) groups is 1. The van der Waals surface area contributed by atoms with Crippen LogP contribution in [0.5, 0.6) is 5.75 Å². The summed E-state index contributed by atoms with van der Waals surface area (Å²) >= 11 is 0. The fourth-order valence-electron chi connectivity index (χ4n) is 2.33. The summed E-state index contributed by atoms with van der Waals surface area (Å²) in [6.07, 6.45) is 3.38. The Hall–Kier alpha value is -1.35. The minimum absolute atomic E-state index is 0.0359. The van der Waals surface area contributed by atoms with Gasteiger partial charge in [0.05, 0.1) is 0 Å². The molecule has 0 saturated heterocycles. The van der Waals surface area contributed by atoms with Gasteiger partial charge in [-0.2, -0.15) is 0 Å². The number of Topliss-reactive ketones (excluding diaryl/α,β-unsaturated/α-hetero) is 1. The first-order chi connectivity index (χ1) is 7.66. The quantitative estimate of drug-likeness (QED) is 0.812. The number of carbonyl (C=O) groups excluding carboxylic acids is 1. The van der Waals surface area contributed by atoms with Gasteiger partial charge >= 0.3 is 0 Å². The molecule has 2 unspecified atom stereocenters. The number of hydrogen-bond acceptors (Lipinski definition) is 3. The van der Waals surface area contributed by atoms with Crippen LogP contribution < -0.4 is 5.73 Å². The van der Waals surface area contributed by atoms with Crippen LogP contribution >= 0.6 is 0 Å². The maximum absolute atomic E-state index is 12.0. The minimum atomic E-state index is 0.0359. The molecule has 1 aromatic rings. The molecule has 1 saturated carbocycles. The third-order valence-electron chi connectivity index (χ3n) is 3.30. The van der Waals surface area contributed by atoms with Crippen LogP contribution in [0.4, 0.5) is 0 Å². The molecule has 0 bridgehead atoms. The molecule has 0 spiro atoms. The number of rotatable bonds is 3. The zero-order chi connectivity index (χ0) is 11.5. The lowest BCUT2D eigenvalue weighted by atomic mass is 9.94.